The van der Waals surface area contributed by atoms with Crippen LogP contribution in [0.2, 0.25) is 0 Å². The molecule has 1 N–H and O–H groups in total. The maximum Gasteiger partial charge on any atom is 0.408 e. The van der Waals surface area contributed by atoms with Gasteiger partial charge in [0.05, 0.1) is 22.1 Å². The van der Waals surface area contributed by atoms with Crippen molar-refractivity contribution in [3.63, 3.8) is 0 Å². The van der Waals surface area contributed by atoms with Crippen molar-refractivity contribution in [3.8, 4) is 11.3 Å². The van der Waals surface area contributed by atoms with Crippen LogP contribution in [0.3, 0.4) is 0 Å². The highest BCUT2D eigenvalue weighted by Crippen LogP contribution is 2.41. The Morgan fingerprint density at radius 3 is 2.46 bits per heavy atom. The largest absolute Gasteiger partial charge is 0.444 e. The molecule has 202 valence electrons. The minimum absolute atomic E-state index is 0.0869. The molecule has 0 saturated heterocycles. The Labute approximate surface area is 226 Å². The molecule has 7 nitrogen and oxygen atoms in total. The molecule has 0 unspecified atom stereocenters. The zero-order valence-electron chi connectivity index (χ0n) is 22.1. The zero-order valence-corrected chi connectivity index (χ0v) is 22.9. The van der Waals surface area contributed by atoms with Gasteiger partial charge < -0.3 is 10.1 Å². The Kier molecular flexibility index (Phi) is 6.58. The van der Waals surface area contributed by atoms with Crippen molar-refractivity contribution in [2.24, 2.45) is 0 Å². The molecule has 9 heteroatoms. The summed E-state index contributed by atoms with van der Waals surface area (Å²) in [5.41, 5.74) is 3.08. The molecular formula is C30H29FN2O5S. The molecule has 5 rings (SSSR count). The van der Waals surface area contributed by atoms with Gasteiger partial charge in [-0.1, -0.05) is 23.8 Å². The van der Waals surface area contributed by atoms with Crippen molar-refractivity contribution in [1.29, 1.82) is 0 Å². The van der Waals surface area contributed by atoms with Crippen LogP contribution in [0.25, 0.3) is 22.2 Å². The average molecular weight is 549 g/mol. The maximum atomic E-state index is 14.5. The first kappa shape index (κ1) is 26.6. The van der Waals surface area contributed by atoms with Gasteiger partial charge in [-0.25, -0.2) is 21.6 Å². The first-order chi connectivity index (χ1) is 18.4. The summed E-state index contributed by atoms with van der Waals surface area (Å²) in [6, 6.07) is 15.3. The van der Waals surface area contributed by atoms with Crippen LogP contribution >= 0.6 is 0 Å². The number of carbonyl (C=O) groups excluding carboxylic acids is 2. The number of nitrogens with zero attached hydrogens (tertiary/aromatic N) is 1. The van der Waals surface area contributed by atoms with Gasteiger partial charge in [0.25, 0.3) is 10.0 Å². The number of amides is 1. The van der Waals surface area contributed by atoms with Crippen LogP contribution in [0.4, 0.5) is 9.18 Å². The summed E-state index contributed by atoms with van der Waals surface area (Å²) in [5, 5.41) is 3.60. The van der Waals surface area contributed by atoms with E-state index in [-0.39, 0.29) is 27.8 Å². The summed E-state index contributed by atoms with van der Waals surface area (Å²) in [4.78, 5) is 24.0. The maximum absolute atomic E-state index is 14.5. The predicted octanol–water partition coefficient (Wildman–Crippen LogP) is 6.32. The molecule has 0 fully saturated rings. The summed E-state index contributed by atoms with van der Waals surface area (Å²) >= 11 is 0. The van der Waals surface area contributed by atoms with Crippen LogP contribution in [-0.4, -0.2) is 30.4 Å². The fourth-order valence-electron chi connectivity index (χ4n) is 5.09. The fraction of sp³-hybridized carbons (Fsp3) is 0.267. The first-order valence-electron chi connectivity index (χ1n) is 12.6. The van der Waals surface area contributed by atoms with E-state index in [9.17, 15) is 22.4 Å². The van der Waals surface area contributed by atoms with Gasteiger partial charge in [-0.3, -0.25) is 4.79 Å². The van der Waals surface area contributed by atoms with Crippen LogP contribution < -0.4 is 5.32 Å². The molecule has 3 aromatic carbocycles. The lowest BCUT2D eigenvalue weighted by Crippen LogP contribution is -2.34. The number of benzene rings is 3. The standard InChI is InChI=1S/C30H29FN2O5S/c1-18-5-7-22(8-6-18)39(36,37)33-27-12-10-24-23(9-11-26(24)32-29(35)38-30(2,3)4)25(27)16-28(33)20-13-19(17-34)14-21(31)15-20/h5-8,10,12-17,26H,9,11H2,1-4H3,(H,32,35)/t26-/m1/s1. The molecule has 1 heterocycles. The Balaban J connectivity index is 1.70. The van der Waals surface area contributed by atoms with Crippen LogP contribution in [0, 0.1) is 12.7 Å². The molecule has 0 spiro atoms. The van der Waals surface area contributed by atoms with E-state index in [0.717, 1.165) is 22.8 Å². The lowest BCUT2D eigenvalue weighted by molar-refractivity contribution is 0.0503. The minimum Gasteiger partial charge on any atom is -0.444 e. The second kappa shape index (κ2) is 9.64. The summed E-state index contributed by atoms with van der Waals surface area (Å²) < 4.78 is 49.2. The van der Waals surface area contributed by atoms with Crippen molar-refractivity contribution in [2.75, 3.05) is 0 Å². The van der Waals surface area contributed by atoms with Gasteiger partial charge in [0.1, 0.15) is 17.7 Å². The van der Waals surface area contributed by atoms with Crippen molar-refractivity contribution < 1.29 is 27.1 Å². The number of ether oxygens (including phenoxy) is 1. The van der Waals surface area contributed by atoms with Gasteiger partial charge in [0.15, 0.2) is 0 Å². The van der Waals surface area contributed by atoms with E-state index in [0.29, 0.717) is 30.0 Å². The normalized spacial score (nSPS) is 15.3. The molecule has 0 radical (unpaired) electrons. The number of aldehydes is 1. The Hall–Kier alpha value is -3.98. The SMILES string of the molecule is Cc1ccc(S(=O)(=O)n2c(-c3cc(F)cc(C=O)c3)cc3c4c(ccc32)[C@H](NC(=O)OC(C)(C)C)CC4)cc1. The van der Waals surface area contributed by atoms with Crippen molar-refractivity contribution in [2.45, 2.75) is 57.1 Å². The lowest BCUT2D eigenvalue weighted by atomic mass is 10.0. The Bertz CT molecular complexity index is 1720. The summed E-state index contributed by atoms with van der Waals surface area (Å²) in [7, 11) is -4.10. The van der Waals surface area contributed by atoms with Gasteiger partial charge in [-0.05, 0) is 94.1 Å². The number of aryl methyl sites for hydroxylation is 2. The molecule has 39 heavy (non-hydrogen) atoms. The van der Waals surface area contributed by atoms with E-state index in [1.54, 1.807) is 45.0 Å². The van der Waals surface area contributed by atoms with Gasteiger partial charge in [0, 0.05) is 16.5 Å². The third kappa shape index (κ3) is 5.06. The topological polar surface area (TPSA) is 94.5 Å². The minimum atomic E-state index is -4.10. The molecule has 1 aliphatic rings. The number of aromatic nitrogens is 1. The quantitative estimate of drug-likeness (QED) is 0.295. The monoisotopic (exact) mass is 548 g/mol. The third-order valence-corrected chi connectivity index (χ3v) is 8.49. The molecular weight excluding hydrogens is 519 g/mol. The molecule has 1 atom stereocenters. The molecule has 1 aromatic heterocycles. The predicted molar refractivity (Wildman–Crippen MR) is 147 cm³/mol. The lowest BCUT2D eigenvalue weighted by Gasteiger charge is -2.22. The van der Waals surface area contributed by atoms with E-state index in [1.165, 1.54) is 28.2 Å². The number of alkyl carbamates (subject to hydrolysis) is 1. The molecule has 1 amide bonds. The van der Waals surface area contributed by atoms with Crippen molar-refractivity contribution in [1.82, 2.24) is 9.29 Å². The highest BCUT2D eigenvalue weighted by atomic mass is 32.2. The van der Waals surface area contributed by atoms with Crippen LogP contribution in [0.1, 0.15) is 60.3 Å². The molecule has 4 aromatic rings. The summed E-state index contributed by atoms with van der Waals surface area (Å²) in [6.07, 6.45) is 1.22. The second-order valence-electron chi connectivity index (χ2n) is 10.8. The van der Waals surface area contributed by atoms with Crippen LogP contribution in [0.15, 0.2) is 65.6 Å². The summed E-state index contributed by atoms with van der Waals surface area (Å²) in [5.74, 6) is -0.647. The van der Waals surface area contributed by atoms with E-state index in [2.05, 4.69) is 5.32 Å². The van der Waals surface area contributed by atoms with Crippen molar-refractivity contribution >= 4 is 33.3 Å². The molecule has 0 saturated carbocycles. The number of halogens is 1. The van der Waals surface area contributed by atoms with E-state index >= 15 is 0 Å². The average Bonchev–Trinajstić information content (AvgIpc) is 3.44. The van der Waals surface area contributed by atoms with Gasteiger partial charge >= 0.3 is 6.09 Å². The second-order valence-corrected chi connectivity index (χ2v) is 12.6. The van der Waals surface area contributed by atoms with Crippen LogP contribution in [0.5, 0.6) is 0 Å². The smallest absolute Gasteiger partial charge is 0.408 e. The number of carbonyl (C=O) groups is 2. The van der Waals surface area contributed by atoms with Gasteiger partial charge in [-0.15, -0.1) is 0 Å². The number of hydrogen-bond acceptors (Lipinski definition) is 5. The first-order valence-corrected chi connectivity index (χ1v) is 14.1. The van der Waals surface area contributed by atoms with Gasteiger partial charge in [-0.2, -0.15) is 0 Å². The summed E-state index contributed by atoms with van der Waals surface area (Å²) in [6.45, 7) is 7.24. The molecule has 0 bridgehead atoms. The third-order valence-electron chi connectivity index (χ3n) is 6.75. The van der Waals surface area contributed by atoms with E-state index < -0.39 is 27.5 Å². The van der Waals surface area contributed by atoms with E-state index in [4.69, 9.17) is 4.74 Å². The number of rotatable bonds is 5. The molecule has 0 aliphatic heterocycles. The number of nitrogens with one attached hydrogen (secondary N) is 1. The highest BCUT2D eigenvalue weighted by molar-refractivity contribution is 7.90. The Morgan fingerprint density at radius 2 is 1.79 bits per heavy atom. The number of hydrogen-bond donors (Lipinski definition) is 1. The number of fused-ring (bicyclic) bond motifs is 3. The van der Waals surface area contributed by atoms with E-state index in [1.807, 2.05) is 13.0 Å². The molecule has 1 aliphatic carbocycles. The van der Waals surface area contributed by atoms with Crippen LogP contribution in [-0.2, 0) is 21.2 Å². The van der Waals surface area contributed by atoms with Gasteiger partial charge in [0.2, 0.25) is 0 Å². The Morgan fingerprint density at radius 1 is 1.08 bits per heavy atom. The fourth-order valence-corrected chi connectivity index (χ4v) is 6.61. The highest BCUT2D eigenvalue weighted by Gasteiger charge is 2.31. The van der Waals surface area contributed by atoms with Crippen molar-refractivity contribution in [3.05, 3.63) is 88.7 Å². The zero-order chi connectivity index (χ0) is 28.1.